The molecule has 0 saturated carbocycles. The van der Waals surface area contributed by atoms with Gasteiger partial charge in [0.2, 0.25) is 0 Å². The van der Waals surface area contributed by atoms with Crippen molar-refractivity contribution in [2.45, 2.75) is 6.42 Å². The molecule has 0 aromatic heterocycles. The summed E-state index contributed by atoms with van der Waals surface area (Å²) in [5, 5.41) is 0. The van der Waals surface area contributed by atoms with Crippen LogP contribution < -0.4 is 0 Å². The highest BCUT2D eigenvalue weighted by molar-refractivity contribution is 6.37. The van der Waals surface area contributed by atoms with Crippen molar-refractivity contribution in [1.29, 1.82) is 0 Å². The van der Waals surface area contributed by atoms with Gasteiger partial charge in [-0.3, -0.25) is 4.99 Å². The van der Waals surface area contributed by atoms with Crippen LogP contribution in [0.1, 0.15) is 12.0 Å². The molecule has 0 atom stereocenters. The van der Waals surface area contributed by atoms with E-state index >= 15 is 0 Å². The van der Waals surface area contributed by atoms with Crippen molar-refractivity contribution in [3.63, 3.8) is 0 Å². The fourth-order valence-electron chi connectivity index (χ4n) is 2.65. The summed E-state index contributed by atoms with van der Waals surface area (Å²) in [7, 11) is 0. The van der Waals surface area contributed by atoms with Crippen LogP contribution in [0.25, 0.3) is 5.57 Å². The lowest BCUT2D eigenvalue weighted by Gasteiger charge is -2.12. The Balaban J connectivity index is 1.96. The van der Waals surface area contributed by atoms with Gasteiger partial charge in [-0.25, -0.2) is 4.99 Å². The molecule has 4 rings (SSSR count). The second kappa shape index (κ2) is 4.02. The second-order valence-corrected chi connectivity index (χ2v) is 4.79. The van der Waals surface area contributed by atoms with Crippen molar-refractivity contribution in [3.8, 4) is 0 Å². The summed E-state index contributed by atoms with van der Waals surface area (Å²) in [5.74, 6) is 0. The van der Waals surface area contributed by atoms with E-state index in [0.29, 0.717) is 0 Å². The Kier molecular flexibility index (Phi) is 2.21. The van der Waals surface area contributed by atoms with Crippen LogP contribution in [0.3, 0.4) is 0 Å². The number of rotatable bonds is 0. The van der Waals surface area contributed by atoms with E-state index in [2.05, 4.69) is 47.5 Å². The number of hydrogen-bond acceptors (Lipinski definition) is 2. The maximum absolute atomic E-state index is 4.79. The Morgan fingerprint density at radius 1 is 1.05 bits per heavy atom. The third kappa shape index (κ3) is 1.65. The van der Waals surface area contributed by atoms with Crippen molar-refractivity contribution in [2.75, 3.05) is 0 Å². The van der Waals surface area contributed by atoms with E-state index in [4.69, 9.17) is 4.99 Å². The average Bonchev–Trinajstić information content (AvgIpc) is 2.83. The number of nitrogens with zero attached hydrogens (tertiary/aromatic N) is 2. The summed E-state index contributed by atoms with van der Waals surface area (Å²) in [4.78, 5) is 9.14. The van der Waals surface area contributed by atoms with E-state index < -0.39 is 0 Å². The van der Waals surface area contributed by atoms with Crippen molar-refractivity contribution in [1.82, 2.24) is 0 Å². The monoisotopic (exact) mass is 244 g/mol. The molecule has 2 heteroatoms. The summed E-state index contributed by atoms with van der Waals surface area (Å²) in [6.07, 6.45) is 13.1. The number of hydrogen-bond donors (Lipinski definition) is 0. The fourth-order valence-corrected chi connectivity index (χ4v) is 2.65. The van der Waals surface area contributed by atoms with E-state index in [1.54, 1.807) is 0 Å². The van der Waals surface area contributed by atoms with Crippen LogP contribution in [0.5, 0.6) is 0 Å². The SMILES string of the molecule is C1=CC2=CN=CC=C3C(=Nc4ccccc43)C(=C1)C2. The second-order valence-electron chi connectivity index (χ2n) is 4.79. The van der Waals surface area contributed by atoms with Crippen LogP contribution in [0.2, 0.25) is 0 Å². The number of para-hydroxylation sites is 1. The first-order valence-corrected chi connectivity index (χ1v) is 6.40. The minimum Gasteiger partial charge on any atom is -0.264 e. The Morgan fingerprint density at radius 2 is 2.00 bits per heavy atom. The maximum Gasteiger partial charge on any atom is 0.0752 e. The molecule has 0 amide bonds. The first kappa shape index (κ1) is 10.4. The van der Waals surface area contributed by atoms with Gasteiger partial charge >= 0.3 is 0 Å². The van der Waals surface area contributed by atoms with Gasteiger partial charge in [-0.2, -0.15) is 0 Å². The zero-order chi connectivity index (χ0) is 12.7. The molecular formula is C17H12N2. The molecule has 0 spiro atoms. The van der Waals surface area contributed by atoms with Gasteiger partial charge in [-0.05, 0) is 23.3 Å². The van der Waals surface area contributed by atoms with Crippen LogP contribution in [0, 0.1) is 0 Å². The maximum atomic E-state index is 4.79. The van der Waals surface area contributed by atoms with Gasteiger partial charge in [0.1, 0.15) is 0 Å². The molecule has 2 heterocycles. The first-order valence-electron chi connectivity index (χ1n) is 6.40. The predicted molar refractivity (Wildman–Crippen MR) is 79.9 cm³/mol. The lowest BCUT2D eigenvalue weighted by molar-refractivity contribution is 1.19. The first-order chi connectivity index (χ1) is 9.42. The number of allylic oxidation sites excluding steroid dienone is 7. The lowest BCUT2D eigenvalue weighted by atomic mass is 9.91. The quantitative estimate of drug-likeness (QED) is 0.658. The zero-order valence-electron chi connectivity index (χ0n) is 10.4. The highest BCUT2D eigenvalue weighted by Gasteiger charge is 2.24. The van der Waals surface area contributed by atoms with Gasteiger partial charge < -0.3 is 0 Å². The van der Waals surface area contributed by atoms with E-state index in [0.717, 1.165) is 17.8 Å². The molecule has 19 heavy (non-hydrogen) atoms. The molecule has 2 nitrogen and oxygen atoms in total. The van der Waals surface area contributed by atoms with Crippen molar-refractivity contribution >= 4 is 23.2 Å². The molecule has 3 aliphatic rings. The smallest absolute Gasteiger partial charge is 0.0752 e. The summed E-state index contributed by atoms with van der Waals surface area (Å²) in [6.45, 7) is 0. The van der Waals surface area contributed by atoms with E-state index in [1.165, 1.54) is 22.3 Å². The van der Waals surface area contributed by atoms with Gasteiger partial charge in [-0.15, -0.1) is 0 Å². The van der Waals surface area contributed by atoms with Gasteiger partial charge in [0.15, 0.2) is 0 Å². The molecule has 2 bridgehead atoms. The number of aliphatic imine (C=N–C) groups is 2. The Hall–Kier alpha value is -2.48. The number of benzene rings is 1. The molecule has 0 radical (unpaired) electrons. The third-order valence-corrected chi connectivity index (χ3v) is 3.56. The van der Waals surface area contributed by atoms with Crippen LogP contribution in [-0.2, 0) is 0 Å². The van der Waals surface area contributed by atoms with Gasteiger partial charge in [0.05, 0.1) is 11.4 Å². The van der Waals surface area contributed by atoms with E-state index in [1.807, 2.05) is 18.5 Å². The molecule has 0 unspecified atom stereocenters. The Labute approximate surface area is 111 Å². The molecular weight excluding hydrogens is 232 g/mol. The molecule has 0 saturated heterocycles. The van der Waals surface area contributed by atoms with Crippen molar-refractivity contribution < 1.29 is 0 Å². The fraction of sp³-hybridized carbons (Fsp3) is 0.0588. The molecule has 2 aliphatic heterocycles. The predicted octanol–water partition coefficient (Wildman–Crippen LogP) is 4.01. The standard InChI is InChI=1S/C17H12N2/c1-2-7-16-14(6-1)15-8-9-18-11-12-4-3-5-13(10-12)17(15)19-16/h1-9,11H,10H2. The summed E-state index contributed by atoms with van der Waals surface area (Å²) >= 11 is 0. The minimum absolute atomic E-state index is 0.901. The normalized spacial score (nSPS) is 19.2. The van der Waals surface area contributed by atoms with Crippen molar-refractivity contribution in [3.05, 3.63) is 71.5 Å². The van der Waals surface area contributed by atoms with Crippen molar-refractivity contribution in [2.24, 2.45) is 9.98 Å². The Morgan fingerprint density at radius 3 is 3.00 bits per heavy atom. The lowest BCUT2D eigenvalue weighted by Crippen LogP contribution is -2.04. The molecule has 0 N–H and O–H groups in total. The summed E-state index contributed by atoms with van der Waals surface area (Å²) in [6, 6.07) is 8.27. The molecule has 90 valence electrons. The van der Waals surface area contributed by atoms with Gasteiger partial charge in [0, 0.05) is 30.0 Å². The van der Waals surface area contributed by atoms with Crippen LogP contribution in [0.4, 0.5) is 5.69 Å². The van der Waals surface area contributed by atoms with Gasteiger partial charge in [-0.1, -0.05) is 36.4 Å². The molecule has 1 aromatic carbocycles. The third-order valence-electron chi connectivity index (χ3n) is 3.56. The van der Waals surface area contributed by atoms with Gasteiger partial charge in [0.25, 0.3) is 0 Å². The number of fused-ring (bicyclic) bond motifs is 6. The minimum atomic E-state index is 0.901. The highest BCUT2D eigenvalue weighted by Crippen LogP contribution is 2.38. The largest absolute Gasteiger partial charge is 0.264 e. The molecule has 1 aliphatic carbocycles. The zero-order valence-corrected chi connectivity index (χ0v) is 10.4. The van der Waals surface area contributed by atoms with E-state index in [9.17, 15) is 0 Å². The molecule has 0 fully saturated rings. The average molecular weight is 244 g/mol. The van der Waals surface area contributed by atoms with Crippen LogP contribution in [-0.4, -0.2) is 11.9 Å². The molecule has 1 aromatic rings. The van der Waals surface area contributed by atoms with Crippen LogP contribution in [0.15, 0.2) is 75.9 Å². The Bertz CT molecular complexity index is 740. The highest BCUT2D eigenvalue weighted by atomic mass is 14.8. The summed E-state index contributed by atoms with van der Waals surface area (Å²) < 4.78 is 0. The van der Waals surface area contributed by atoms with Crippen LogP contribution >= 0.6 is 0 Å². The topological polar surface area (TPSA) is 24.7 Å². The summed E-state index contributed by atoms with van der Waals surface area (Å²) in [5.41, 5.74) is 7.01. The van der Waals surface area contributed by atoms with E-state index in [-0.39, 0.29) is 0 Å².